The van der Waals surface area contributed by atoms with E-state index in [1.54, 1.807) is 11.0 Å². The molecule has 0 aliphatic carbocycles. The van der Waals surface area contributed by atoms with Crippen molar-refractivity contribution in [2.45, 2.75) is 66.3 Å². The van der Waals surface area contributed by atoms with Crippen molar-refractivity contribution in [3.05, 3.63) is 88.5 Å². The smallest absolute Gasteiger partial charge is 0.387 e. The molecule has 8 rings (SSSR count). The van der Waals surface area contributed by atoms with Gasteiger partial charge in [-0.05, 0) is 96.8 Å². The molecule has 0 bridgehead atoms. The molecule has 10 nitrogen and oxygen atoms in total. The minimum atomic E-state index is -3.07. The van der Waals surface area contributed by atoms with Crippen LogP contribution in [0.25, 0.3) is 56.2 Å². The minimum Gasteiger partial charge on any atom is -0.480 e. The van der Waals surface area contributed by atoms with Gasteiger partial charge in [0, 0.05) is 48.9 Å². The van der Waals surface area contributed by atoms with Crippen molar-refractivity contribution < 1.29 is 32.3 Å². The van der Waals surface area contributed by atoms with Crippen molar-refractivity contribution in [2.75, 3.05) is 19.6 Å². The summed E-state index contributed by atoms with van der Waals surface area (Å²) in [5.74, 6) is -0.283. The third-order valence-corrected chi connectivity index (χ3v) is 10.6. The van der Waals surface area contributed by atoms with Crippen LogP contribution < -0.4 is 4.74 Å². The van der Waals surface area contributed by atoms with Crippen molar-refractivity contribution in [1.82, 2.24) is 19.8 Å². The number of nitrogens with zero attached hydrogens (tertiary/aromatic N) is 5. The average molecular weight is 732 g/mol. The molecule has 0 unspecified atom stereocenters. The number of carboxylic acid groups (broad SMARTS) is 1. The van der Waals surface area contributed by atoms with Crippen LogP contribution in [0.5, 0.6) is 5.75 Å². The topological polar surface area (TPSA) is 129 Å². The number of aliphatic carboxylic acids is 1. The Labute approximate surface area is 310 Å². The lowest BCUT2D eigenvalue weighted by Gasteiger charge is -2.46. The van der Waals surface area contributed by atoms with Gasteiger partial charge in [0.25, 0.3) is 0 Å². The molecule has 276 valence electrons. The average Bonchev–Trinajstić information content (AvgIpc) is 3.86. The molecule has 0 amide bonds. The number of halogens is 2. The van der Waals surface area contributed by atoms with Crippen LogP contribution in [0, 0.1) is 30.6 Å². The molecule has 0 radical (unpaired) electrons. The van der Waals surface area contributed by atoms with Gasteiger partial charge >= 0.3 is 12.6 Å². The normalized spacial score (nSPS) is 17.3. The summed E-state index contributed by atoms with van der Waals surface area (Å²) in [4.78, 5) is 25.5. The Morgan fingerprint density at radius 1 is 0.963 bits per heavy atom. The molecule has 2 aromatic heterocycles. The van der Waals surface area contributed by atoms with Gasteiger partial charge in [0.15, 0.2) is 11.2 Å². The van der Waals surface area contributed by atoms with Gasteiger partial charge in [-0.3, -0.25) is 14.6 Å². The third-order valence-electron chi connectivity index (χ3n) is 10.6. The van der Waals surface area contributed by atoms with Crippen LogP contribution in [0.1, 0.15) is 54.5 Å². The Morgan fingerprint density at radius 3 is 2.24 bits per heavy atom. The number of benzene rings is 4. The van der Waals surface area contributed by atoms with Crippen molar-refractivity contribution >= 4 is 28.2 Å². The van der Waals surface area contributed by atoms with Gasteiger partial charge in [-0.1, -0.05) is 38.1 Å². The van der Waals surface area contributed by atoms with Gasteiger partial charge in [0.2, 0.25) is 11.8 Å². The summed E-state index contributed by atoms with van der Waals surface area (Å²) in [7, 11) is 0. The maximum atomic E-state index is 13.5. The number of fused-ring (bicyclic) bond motifs is 2. The predicted octanol–water partition coefficient (Wildman–Crippen LogP) is 8.95. The summed E-state index contributed by atoms with van der Waals surface area (Å²) in [6.07, 6.45) is 1.19. The number of alkyl halides is 2. The standard InChI is InChI=1S/C42H39F2N5O5/c1-23-28(29-9-6-11-31(24(29)2)39-47-33-15-25(14-26(18-45)37(33)54-39)19-48-21-42(3,4)22-48)8-5-10-30(23)38-46-32-16-27(20-49-13-7-12-34(49)40(50)51)35(53-41(43)44)17-36(32)52-38/h5-6,8-11,14-17,34,41H,7,12-13,19-22H2,1-4H3,(H,50,51)/t34-/m1/s1. The molecule has 54 heavy (non-hydrogen) atoms. The highest BCUT2D eigenvalue weighted by atomic mass is 19.3. The molecule has 6 aromatic rings. The molecule has 12 heteroatoms. The molecule has 2 fully saturated rings. The number of aromatic nitrogens is 2. The Hall–Kier alpha value is -5.64. The zero-order valence-electron chi connectivity index (χ0n) is 30.5. The van der Waals surface area contributed by atoms with Gasteiger partial charge in [0.05, 0.1) is 5.56 Å². The van der Waals surface area contributed by atoms with Crippen molar-refractivity contribution in [1.29, 1.82) is 5.26 Å². The van der Waals surface area contributed by atoms with E-state index in [9.17, 15) is 23.9 Å². The predicted molar refractivity (Wildman–Crippen MR) is 199 cm³/mol. The van der Waals surface area contributed by atoms with E-state index in [1.807, 2.05) is 62.4 Å². The third kappa shape index (κ3) is 6.58. The molecule has 1 N–H and O–H groups in total. The lowest BCUT2D eigenvalue weighted by molar-refractivity contribution is -0.142. The zero-order chi connectivity index (χ0) is 37.9. The zero-order valence-corrected chi connectivity index (χ0v) is 30.5. The highest BCUT2D eigenvalue weighted by Gasteiger charge is 2.34. The molecule has 2 aliphatic rings. The number of oxazole rings is 2. The lowest BCUT2D eigenvalue weighted by atomic mass is 9.84. The minimum absolute atomic E-state index is 0.0772. The highest BCUT2D eigenvalue weighted by molar-refractivity contribution is 5.86. The Bertz CT molecular complexity index is 2470. The van der Waals surface area contributed by atoms with Crippen LogP contribution in [0.3, 0.4) is 0 Å². The lowest BCUT2D eigenvalue weighted by Crippen LogP contribution is -2.52. The number of likely N-dealkylation sites (tertiary alicyclic amines) is 2. The van der Waals surface area contributed by atoms with E-state index in [4.69, 9.17) is 23.5 Å². The van der Waals surface area contributed by atoms with Gasteiger partial charge in [-0.2, -0.15) is 14.0 Å². The first kappa shape index (κ1) is 35.4. The van der Waals surface area contributed by atoms with Crippen LogP contribution in [-0.2, 0) is 17.9 Å². The second kappa shape index (κ2) is 13.6. The van der Waals surface area contributed by atoms with Crippen LogP contribution in [0.15, 0.2) is 69.5 Å². The maximum absolute atomic E-state index is 13.5. The summed E-state index contributed by atoms with van der Waals surface area (Å²) >= 11 is 0. The maximum Gasteiger partial charge on any atom is 0.387 e. The van der Waals surface area contributed by atoms with Crippen LogP contribution in [0.2, 0.25) is 0 Å². The second-order valence-electron chi connectivity index (χ2n) is 15.2. The first-order valence-electron chi connectivity index (χ1n) is 18.0. The molecule has 2 saturated heterocycles. The number of nitriles is 1. The van der Waals surface area contributed by atoms with Gasteiger partial charge in [0.1, 0.15) is 28.9 Å². The van der Waals surface area contributed by atoms with Gasteiger partial charge in [-0.25, -0.2) is 9.97 Å². The summed E-state index contributed by atoms with van der Waals surface area (Å²) in [5, 5.41) is 19.7. The molecule has 0 saturated carbocycles. The van der Waals surface area contributed by atoms with Gasteiger partial charge < -0.3 is 18.7 Å². The number of rotatable bonds is 10. The number of hydrogen-bond donors (Lipinski definition) is 1. The number of carbonyl (C=O) groups is 1. The molecular formula is C42H39F2N5O5. The van der Waals surface area contributed by atoms with E-state index in [1.165, 1.54) is 6.07 Å². The fourth-order valence-corrected chi connectivity index (χ4v) is 8.19. The van der Waals surface area contributed by atoms with Crippen molar-refractivity contribution in [3.8, 4) is 45.9 Å². The van der Waals surface area contributed by atoms with Crippen molar-refractivity contribution in [2.24, 2.45) is 5.41 Å². The fraction of sp³-hybridized carbons (Fsp3) is 0.333. The van der Waals surface area contributed by atoms with E-state index in [-0.39, 0.29) is 17.9 Å². The monoisotopic (exact) mass is 731 g/mol. The molecule has 4 heterocycles. The van der Waals surface area contributed by atoms with E-state index >= 15 is 0 Å². The number of hydrogen-bond acceptors (Lipinski definition) is 9. The molecular weight excluding hydrogens is 692 g/mol. The van der Waals surface area contributed by atoms with Crippen molar-refractivity contribution in [3.63, 3.8) is 0 Å². The second-order valence-corrected chi connectivity index (χ2v) is 15.2. The van der Waals surface area contributed by atoms with Gasteiger partial charge in [-0.15, -0.1) is 0 Å². The van der Waals surface area contributed by atoms with E-state index < -0.39 is 18.6 Å². The summed E-state index contributed by atoms with van der Waals surface area (Å²) in [6, 6.07) is 20.3. The Kier molecular flexibility index (Phi) is 8.95. The fourth-order valence-electron chi connectivity index (χ4n) is 8.19. The Morgan fingerprint density at radius 2 is 1.61 bits per heavy atom. The summed E-state index contributed by atoms with van der Waals surface area (Å²) < 4.78 is 44.3. The molecule has 2 aliphatic heterocycles. The highest BCUT2D eigenvalue weighted by Crippen LogP contribution is 2.40. The SMILES string of the molecule is Cc1c(-c2nc3cc(CN4CCC[C@@H]4C(=O)O)c(OC(F)F)cc3o2)cccc1-c1cccc(-c2nc3cc(CN4CC(C)(C)C4)cc(C#N)c3o2)c1C. The summed E-state index contributed by atoms with van der Waals surface area (Å²) in [5.41, 5.74) is 9.23. The number of ether oxygens (including phenoxy) is 1. The summed E-state index contributed by atoms with van der Waals surface area (Å²) in [6.45, 7) is 8.82. The van der Waals surface area contributed by atoms with Crippen LogP contribution in [-0.4, -0.2) is 63.1 Å². The quantitative estimate of drug-likeness (QED) is 0.146. The van der Waals surface area contributed by atoms with E-state index in [0.29, 0.717) is 64.3 Å². The molecule has 1 atom stereocenters. The largest absolute Gasteiger partial charge is 0.480 e. The molecule has 0 spiro atoms. The van der Waals surface area contributed by atoms with E-state index in [0.717, 1.165) is 58.6 Å². The van der Waals surface area contributed by atoms with E-state index in [2.05, 4.69) is 24.8 Å². The first-order chi connectivity index (χ1) is 25.9. The first-order valence-corrected chi connectivity index (χ1v) is 18.0. The van der Waals surface area contributed by atoms with Crippen LogP contribution >= 0.6 is 0 Å². The number of carboxylic acids is 1. The van der Waals surface area contributed by atoms with Crippen LogP contribution in [0.4, 0.5) is 8.78 Å². The molecule has 4 aromatic carbocycles. The Balaban J connectivity index is 1.12.